The molecule has 1 N–H and O–H groups in total. The number of carbonyl (C=O) groups excluding carboxylic acids is 2. The van der Waals surface area contributed by atoms with Crippen LogP contribution in [0.5, 0.6) is 0 Å². The quantitative estimate of drug-likeness (QED) is 0.228. The average Bonchev–Trinajstić information content (AvgIpc) is 3.53. The van der Waals surface area contributed by atoms with Crippen molar-refractivity contribution >= 4 is 29.2 Å². The van der Waals surface area contributed by atoms with Crippen LogP contribution in [0.4, 0.5) is 28.0 Å². The molecule has 0 saturated heterocycles. The van der Waals surface area contributed by atoms with Gasteiger partial charge in [0.15, 0.2) is 5.65 Å². The minimum atomic E-state index is -5.23. The zero-order valence-corrected chi connectivity index (χ0v) is 19.7. The van der Waals surface area contributed by atoms with E-state index in [4.69, 9.17) is 0 Å². The fourth-order valence-corrected chi connectivity index (χ4v) is 3.76. The van der Waals surface area contributed by atoms with E-state index < -0.39 is 35.9 Å². The lowest BCUT2D eigenvalue weighted by atomic mass is 10.0. The van der Waals surface area contributed by atoms with Gasteiger partial charge in [0.2, 0.25) is 5.90 Å². The lowest BCUT2D eigenvalue weighted by Crippen LogP contribution is -2.31. The summed E-state index contributed by atoms with van der Waals surface area (Å²) >= 11 is 0. The predicted octanol–water partition coefficient (Wildman–Crippen LogP) is 4.67. The second-order valence-corrected chi connectivity index (χ2v) is 8.17. The van der Waals surface area contributed by atoms with Gasteiger partial charge in [-0.1, -0.05) is 36.3 Å². The number of fused-ring (bicyclic) bond motifs is 1. The molecule has 0 aliphatic carbocycles. The Bertz CT molecular complexity index is 1660. The summed E-state index contributed by atoms with van der Waals surface area (Å²) in [6.07, 6.45) is -2.47. The molecule has 1 aliphatic heterocycles. The number of hydrogen-bond acceptors (Lipinski definition) is 6. The Balaban J connectivity index is 1.39. The van der Waals surface area contributed by atoms with E-state index >= 15 is 0 Å². The molecule has 5 rings (SSSR count). The summed E-state index contributed by atoms with van der Waals surface area (Å²) in [7, 11) is 0. The molecule has 0 bridgehead atoms. The Morgan fingerprint density at radius 1 is 1.05 bits per heavy atom. The lowest BCUT2D eigenvalue weighted by Gasteiger charge is -2.22. The molecule has 9 nitrogen and oxygen atoms in total. The van der Waals surface area contributed by atoms with Crippen molar-refractivity contribution in [1.29, 1.82) is 0 Å². The Kier molecular flexibility index (Phi) is 6.68. The first-order valence-electron chi connectivity index (χ1n) is 11.3. The molecule has 1 aliphatic rings. The highest BCUT2D eigenvalue weighted by Gasteiger charge is 2.44. The van der Waals surface area contributed by atoms with Crippen molar-refractivity contribution in [3.63, 3.8) is 0 Å². The molecule has 0 saturated carbocycles. The van der Waals surface area contributed by atoms with Gasteiger partial charge in [-0.05, 0) is 41.8 Å². The summed E-state index contributed by atoms with van der Waals surface area (Å²) in [5.74, 6) is 1.80. The molecule has 0 radical (unpaired) electrons. The van der Waals surface area contributed by atoms with E-state index in [-0.39, 0.29) is 17.7 Å². The normalized spacial score (nSPS) is 14.9. The zero-order chi connectivity index (χ0) is 27.6. The number of benzene rings is 2. The van der Waals surface area contributed by atoms with Gasteiger partial charge in [0.25, 0.3) is 0 Å². The second-order valence-electron chi connectivity index (χ2n) is 8.17. The minimum absolute atomic E-state index is 0.0389. The second kappa shape index (κ2) is 10.3. The molecule has 2 amide bonds. The average molecular weight is 536 g/mol. The number of amides is 2. The van der Waals surface area contributed by atoms with Gasteiger partial charge in [0.1, 0.15) is 11.5 Å². The number of imidazole rings is 1. The number of halogens is 4. The van der Waals surface area contributed by atoms with Crippen LogP contribution in [0.3, 0.4) is 0 Å². The fourth-order valence-electron chi connectivity index (χ4n) is 3.76. The van der Waals surface area contributed by atoms with E-state index in [1.807, 2.05) is 0 Å². The molecule has 1 unspecified atom stereocenters. The number of esters is 1. The molecule has 0 spiro atoms. The third-order valence-corrected chi connectivity index (χ3v) is 5.54. The number of alkyl halides is 3. The summed E-state index contributed by atoms with van der Waals surface area (Å²) < 4.78 is 58.4. The molecule has 13 heteroatoms. The SMILES string of the molecule is O=C(Nc1ccc(F)c(C#Cc2cnc3cccnn23)c1)N1N=C(OC(=O)C(F)(F)F)CC1c1ccccc1. The van der Waals surface area contributed by atoms with E-state index in [0.29, 0.717) is 16.9 Å². The van der Waals surface area contributed by atoms with Crippen LogP contribution in [-0.4, -0.2) is 43.7 Å². The number of urea groups is 1. The number of rotatable bonds is 2. The van der Waals surface area contributed by atoms with E-state index in [2.05, 4.69) is 37.1 Å². The number of nitrogens with zero attached hydrogens (tertiary/aromatic N) is 5. The van der Waals surface area contributed by atoms with Gasteiger partial charge in [0, 0.05) is 11.9 Å². The number of nitrogens with one attached hydrogen (secondary N) is 1. The van der Waals surface area contributed by atoms with Gasteiger partial charge >= 0.3 is 18.2 Å². The Morgan fingerprint density at radius 2 is 1.85 bits per heavy atom. The summed E-state index contributed by atoms with van der Waals surface area (Å²) in [5, 5.41) is 11.3. The molecular formula is C26H16F4N6O3. The van der Waals surface area contributed by atoms with Crippen molar-refractivity contribution in [3.05, 3.63) is 95.7 Å². The van der Waals surface area contributed by atoms with Crippen LogP contribution in [0.25, 0.3) is 5.65 Å². The van der Waals surface area contributed by atoms with Crippen molar-refractivity contribution in [2.45, 2.75) is 18.6 Å². The number of aromatic nitrogens is 3. The van der Waals surface area contributed by atoms with Gasteiger partial charge in [-0.25, -0.2) is 28.5 Å². The highest BCUT2D eigenvalue weighted by atomic mass is 19.4. The van der Waals surface area contributed by atoms with Gasteiger partial charge in [0.05, 0.1) is 24.2 Å². The fraction of sp³-hybridized carbons (Fsp3) is 0.115. The maximum Gasteiger partial charge on any atom is 0.491 e. The first-order chi connectivity index (χ1) is 18.7. The third-order valence-electron chi connectivity index (χ3n) is 5.54. The summed E-state index contributed by atoms with van der Waals surface area (Å²) in [5.41, 5.74) is 1.62. The van der Waals surface area contributed by atoms with Crippen LogP contribution in [0, 0.1) is 17.7 Å². The summed E-state index contributed by atoms with van der Waals surface area (Å²) in [4.78, 5) is 28.6. The standard InChI is InChI=1S/C26H16F4N6O3/c27-20-11-9-18(13-17(20)8-10-19-15-31-22-7-4-12-32-35(19)22)33-25(38)36-21(16-5-2-1-3-6-16)14-23(34-36)39-24(37)26(28,29)30/h1-7,9,11-13,15,21H,14H2,(H,33,38). The van der Waals surface area contributed by atoms with Gasteiger partial charge in [-0.15, -0.1) is 5.10 Å². The van der Waals surface area contributed by atoms with Crippen molar-refractivity contribution in [3.8, 4) is 11.8 Å². The maximum absolute atomic E-state index is 14.5. The monoisotopic (exact) mass is 536 g/mol. The number of hydrogen-bond donors (Lipinski definition) is 1. The molecule has 2 aromatic heterocycles. The van der Waals surface area contributed by atoms with Crippen molar-refractivity contribution in [2.75, 3.05) is 5.32 Å². The highest BCUT2D eigenvalue weighted by molar-refractivity contribution is 5.96. The van der Waals surface area contributed by atoms with Crippen LogP contribution in [0.2, 0.25) is 0 Å². The highest BCUT2D eigenvalue weighted by Crippen LogP contribution is 2.32. The lowest BCUT2D eigenvalue weighted by molar-refractivity contribution is -0.191. The largest absolute Gasteiger partial charge is 0.491 e. The molecule has 4 aromatic rings. The topological polar surface area (TPSA) is 101 Å². The Labute approximate surface area is 217 Å². The molecule has 196 valence electrons. The van der Waals surface area contributed by atoms with Crippen molar-refractivity contribution < 1.29 is 31.9 Å². The number of anilines is 1. The van der Waals surface area contributed by atoms with E-state index in [9.17, 15) is 27.2 Å². The molecule has 39 heavy (non-hydrogen) atoms. The van der Waals surface area contributed by atoms with Crippen LogP contribution < -0.4 is 5.32 Å². The number of carbonyl (C=O) groups is 2. The molecule has 0 fully saturated rings. The van der Waals surface area contributed by atoms with Crippen LogP contribution in [-0.2, 0) is 9.53 Å². The van der Waals surface area contributed by atoms with Crippen molar-refractivity contribution in [2.24, 2.45) is 5.10 Å². The summed E-state index contributed by atoms with van der Waals surface area (Å²) in [6.45, 7) is 0. The van der Waals surface area contributed by atoms with Gasteiger partial charge in [-0.3, -0.25) is 0 Å². The predicted molar refractivity (Wildman–Crippen MR) is 130 cm³/mol. The van der Waals surface area contributed by atoms with Crippen LogP contribution >= 0.6 is 0 Å². The van der Waals surface area contributed by atoms with Gasteiger partial charge < -0.3 is 10.1 Å². The van der Waals surface area contributed by atoms with Crippen LogP contribution in [0.15, 0.2) is 78.2 Å². The molecule has 2 aromatic carbocycles. The number of ether oxygens (including phenoxy) is 1. The Hall–Kier alpha value is -5.25. The maximum atomic E-state index is 14.5. The van der Waals surface area contributed by atoms with Crippen LogP contribution in [0.1, 0.15) is 29.3 Å². The smallest absolute Gasteiger partial charge is 0.403 e. The first kappa shape index (κ1) is 25.4. The van der Waals surface area contributed by atoms with E-state index in [1.54, 1.807) is 48.7 Å². The third kappa shape index (κ3) is 5.54. The van der Waals surface area contributed by atoms with Crippen molar-refractivity contribution in [1.82, 2.24) is 19.6 Å². The van der Waals surface area contributed by atoms with E-state index in [1.165, 1.54) is 22.8 Å². The van der Waals surface area contributed by atoms with Gasteiger partial charge in [-0.2, -0.15) is 18.3 Å². The zero-order valence-electron chi connectivity index (χ0n) is 19.7. The van der Waals surface area contributed by atoms with E-state index in [0.717, 1.165) is 11.1 Å². The first-order valence-corrected chi connectivity index (χ1v) is 11.3. The molecule has 3 heterocycles. The summed E-state index contributed by atoms with van der Waals surface area (Å²) in [6, 6.07) is 13.8. The molecule has 1 atom stereocenters. The Morgan fingerprint density at radius 3 is 2.62 bits per heavy atom. The molecular weight excluding hydrogens is 520 g/mol. The minimum Gasteiger partial charge on any atom is -0.403 e. The number of hydrazone groups is 1.